The van der Waals surface area contributed by atoms with Gasteiger partial charge in [0.25, 0.3) is 0 Å². The van der Waals surface area contributed by atoms with Crippen molar-refractivity contribution in [3.63, 3.8) is 0 Å². The van der Waals surface area contributed by atoms with Gasteiger partial charge in [0.05, 0.1) is 6.20 Å². The molecule has 5 rings (SSSR count). The van der Waals surface area contributed by atoms with Crippen molar-refractivity contribution in [1.29, 1.82) is 0 Å². The Morgan fingerprint density at radius 1 is 0.870 bits per heavy atom. The molecule has 0 spiro atoms. The molecule has 3 aliphatic rings. The van der Waals surface area contributed by atoms with E-state index >= 15 is 0 Å². The summed E-state index contributed by atoms with van der Waals surface area (Å²) in [7, 11) is 0. The van der Waals surface area contributed by atoms with Crippen LogP contribution in [0.2, 0.25) is 0 Å². The number of hydrogen-bond acceptors (Lipinski definition) is 4. The Hall–Kier alpha value is -1.94. The molecule has 1 aromatic heterocycles. The molecule has 3 aliphatic heterocycles. The van der Waals surface area contributed by atoms with E-state index in [0.717, 1.165) is 24.5 Å². The van der Waals surface area contributed by atoms with Crippen molar-refractivity contribution in [2.24, 2.45) is 0 Å². The first-order valence-electron chi connectivity index (χ1n) is 8.77. The van der Waals surface area contributed by atoms with Gasteiger partial charge in [-0.2, -0.15) is 5.10 Å². The molecule has 3 saturated heterocycles. The predicted molar refractivity (Wildman–Crippen MR) is 93.5 cm³/mol. The van der Waals surface area contributed by atoms with Crippen LogP contribution in [0.15, 0.2) is 42.6 Å². The van der Waals surface area contributed by atoms with E-state index in [9.17, 15) is 0 Å². The lowest BCUT2D eigenvalue weighted by molar-refractivity contribution is 0.217. The standard InChI is InChI=1S/C19H24N4/c1-2-6-16(7-3-1)17-14-19(21-20-15-17)23-13-12-22-10-4-8-18(23)9-5-11-22/h1-3,6-7,14-15,18H,4-5,8-13H2. The van der Waals surface area contributed by atoms with Gasteiger partial charge in [0.2, 0.25) is 0 Å². The highest BCUT2D eigenvalue weighted by Crippen LogP contribution is 2.27. The molecule has 2 bridgehead atoms. The molecule has 0 aliphatic carbocycles. The van der Waals surface area contributed by atoms with E-state index in [4.69, 9.17) is 0 Å². The zero-order valence-electron chi connectivity index (χ0n) is 13.6. The molecular weight excluding hydrogens is 284 g/mol. The van der Waals surface area contributed by atoms with E-state index in [-0.39, 0.29) is 0 Å². The van der Waals surface area contributed by atoms with Gasteiger partial charge in [-0.05, 0) is 50.4 Å². The number of hydrogen-bond donors (Lipinski definition) is 0. The molecular formula is C19H24N4. The van der Waals surface area contributed by atoms with Gasteiger partial charge >= 0.3 is 0 Å². The van der Waals surface area contributed by atoms with Crippen LogP contribution >= 0.6 is 0 Å². The Morgan fingerprint density at radius 2 is 1.65 bits per heavy atom. The second kappa shape index (κ2) is 6.67. The topological polar surface area (TPSA) is 32.3 Å². The molecule has 0 saturated carbocycles. The van der Waals surface area contributed by atoms with E-state index in [1.165, 1.54) is 44.3 Å². The molecule has 4 nitrogen and oxygen atoms in total. The molecule has 2 aromatic rings. The molecule has 0 unspecified atom stereocenters. The third-order valence-corrected chi connectivity index (χ3v) is 5.16. The van der Waals surface area contributed by atoms with Crippen molar-refractivity contribution in [1.82, 2.24) is 15.1 Å². The summed E-state index contributed by atoms with van der Waals surface area (Å²) >= 11 is 0. The normalized spacial score (nSPS) is 24.8. The van der Waals surface area contributed by atoms with Crippen molar-refractivity contribution in [2.45, 2.75) is 31.7 Å². The number of aromatic nitrogens is 2. The monoisotopic (exact) mass is 308 g/mol. The van der Waals surface area contributed by atoms with Crippen molar-refractivity contribution in [2.75, 3.05) is 31.1 Å². The SMILES string of the molecule is c1ccc(-c2cnnc(N3CCN4CCCC3CCC4)c2)cc1. The van der Waals surface area contributed by atoms with Gasteiger partial charge in [-0.15, -0.1) is 5.10 Å². The number of benzene rings is 1. The van der Waals surface area contributed by atoms with E-state index in [2.05, 4.69) is 50.3 Å². The van der Waals surface area contributed by atoms with Crippen molar-refractivity contribution >= 4 is 5.82 Å². The van der Waals surface area contributed by atoms with E-state index < -0.39 is 0 Å². The summed E-state index contributed by atoms with van der Waals surface area (Å²) < 4.78 is 0. The van der Waals surface area contributed by atoms with Gasteiger partial charge in [0, 0.05) is 24.7 Å². The molecule has 120 valence electrons. The number of fused-ring (bicyclic) bond motifs is 6. The number of rotatable bonds is 2. The zero-order valence-corrected chi connectivity index (χ0v) is 13.6. The maximum Gasteiger partial charge on any atom is 0.152 e. The zero-order chi connectivity index (χ0) is 15.5. The van der Waals surface area contributed by atoms with Crippen LogP contribution in [0.4, 0.5) is 5.82 Å². The largest absolute Gasteiger partial charge is 0.351 e. The highest BCUT2D eigenvalue weighted by atomic mass is 15.3. The summed E-state index contributed by atoms with van der Waals surface area (Å²) in [6.07, 6.45) is 7.01. The molecule has 0 N–H and O–H groups in total. The second-order valence-corrected chi connectivity index (χ2v) is 6.64. The summed E-state index contributed by atoms with van der Waals surface area (Å²) in [5, 5.41) is 8.76. The second-order valence-electron chi connectivity index (χ2n) is 6.64. The Morgan fingerprint density at radius 3 is 2.43 bits per heavy atom. The predicted octanol–water partition coefficient (Wildman–Crippen LogP) is 3.21. The lowest BCUT2D eigenvalue weighted by Gasteiger charge is -2.40. The van der Waals surface area contributed by atoms with Crippen LogP contribution in [0.3, 0.4) is 0 Å². The molecule has 4 heterocycles. The highest BCUT2D eigenvalue weighted by molar-refractivity contribution is 5.65. The fourth-order valence-corrected chi connectivity index (χ4v) is 3.91. The molecule has 0 amide bonds. The summed E-state index contributed by atoms with van der Waals surface area (Å²) in [4.78, 5) is 5.11. The maximum atomic E-state index is 4.47. The molecule has 0 radical (unpaired) electrons. The summed E-state index contributed by atoms with van der Waals surface area (Å²) in [6, 6.07) is 13.3. The van der Waals surface area contributed by atoms with Crippen molar-refractivity contribution in [3.05, 3.63) is 42.6 Å². The van der Waals surface area contributed by atoms with Crippen LogP contribution in [0.1, 0.15) is 25.7 Å². The Bertz CT molecular complexity index is 633. The fourth-order valence-electron chi connectivity index (χ4n) is 3.91. The van der Waals surface area contributed by atoms with Gasteiger partial charge in [-0.25, -0.2) is 0 Å². The first-order chi connectivity index (χ1) is 11.4. The van der Waals surface area contributed by atoms with Crippen molar-refractivity contribution < 1.29 is 0 Å². The summed E-state index contributed by atoms with van der Waals surface area (Å²) in [5.74, 6) is 1.04. The minimum atomic E-state index is 0.623. The first kappa shape index (κ1) is 14.6. The van der Waals surface area contributed by atoms with Gasteiger partial charge in [-0.1, -0.05) is 30.3 Å². The number of nitrogens with zero attached hydrogens (tertiary/aromatic N) is 4. The van der Waals surface area contributed by atoms with Crippen molar-refractivity contribution in [3.8, 4) is 11.1 Å². The van der Waals surface area contributed by atoms with Crippen LogP contribution < -0.4 is 4.90 Å². The van der Waals surface area contributed by atoms with Crippen LogP contribution in [0.5, 0.6) is 0 Å². The smallest absolute Gasteiger partial charge is 0.152 e. The highest BCUT2D eigenvalue weighted by Gasteiger charge is 2.26. The van der Waals surface area contributed by atoms with E-state index in [0.29, 0.717) is 6.04 Å². The van der Waals surface area contributed by atoms with Crippen LogP contribution in [0.25, 0.3) is 11.1 Å². The molecule has 4 heteroatoms. The minimum absolute atomic E-state index is 0.623. The van der Waals surface area contributed by atoms with Crippen LogP contribution in [-0.4, -0.2) is 47.3 Å². The summed E-state index contributed by atoms with van der Waals surface area (Å²) in [5.41, 5.74) is 2.37. The lowest BCUT2D eigenvalue weighted by Crippen LogP contribution is -2.47. The average molecular weight is 308 g/mol. The Labute approximate surface area is 138 Å². The third kappa shape index (κ3) is 3.22. The third-order valence-electron chi connectivity index (χ3n) is 5.16. The fraction of sp³-hybridized carbons (Fsp3) is 0.474. The lowest BCUT2D eigenvalue weighted by atomic mass is 9.98. The quantitative estimate of drug-likeness (QED) is 0.853. The Kier molecular flexibility index (Phi) is 4.24. The first-order valence-corrected chi connectivity index (χ1v) is 8.77. The molecule has 1 aromatic carbocycles. The van der Waals surface area contributed by atoms with Crippen LogP contribution in [0, 0.1) is 0 Å². The van der Waals surface area contributed by atoms with Gasteiger partial charge in [0.1, 0.15) is 0 Å². The maximum absolute atomic E-state index is 4.47. The minimum Gasteiger partial charge on any atom is -0.351 e. The average Bonchev–Trinajstić information content (AvgIpc) is 2.54. The molecule has 23 heavy (non-hydrogen) atoms. The molecule has 3 fully saturated rings. The Balaban J connectivity index is 1.64. The summed E-state index contributed by atoms with van der Waals surface area (Å²) in [6.45, 7) is 4.74. The number of anilines is 1. The van der Waals surface area contributed by atoms with Crippen LogP contribution in [-0.2, 0) is 0 Å². The van der Waals surface area contributed by atoms with Gasteiger partial charge in [0.15, 0.2) is 5.82 Å². The molecule has 0 atom stereocenters. The van der Waals surface area contributed by atoms with E-state index in [1.807, 2.05) is 12.3 Å². The van der Waals surface area contributed by atoms with E-state index in [1.54, 1.807) is 0 Å². The van der Waals surface area contributed by atoms with Gasteiger partial charge < -0.3 is 9.80 Å². The van der Waals surface area contributed by atoms with Gasteiger partial charge in [-0.3, -0.25) is 0 Å².